The maximum atomic E-state index is 12.7. The van der Waals surface area contributed by atoms with E-state index in [4.69, 9.17) is 4.52 Å². The Hall–Kier alpha value is -2.30. The Bertz CT molecular complexity index is 644. The molecule has 3 rings (SSSR count). The number of nitrogens with zero attached hydrogens (tertiary/aromatic N) is 2. The number of para-hydroxylation sites is 2. The van der Waals surface area contributed by atoms with Crippen molar-refractivity contribution in [1.82, 2.24) is 5.16 Å². The highest BCUT2D eigenvalue weighted by molar-refractivity contribution is 5.98. The first-order valence-electron chi connectivity index (χ1n) is 7.22. The molecule has 0 bridgehead atoms. The topological polar surface area (TPSA) is 58.4 Å². The van der Waals surface area contributed by atoms with Gasteiger partial charge in [-0.25, -0.2) is 0 Å². The minimum Gasteiger partial charge on any atom is -0.383 e. The molecule has 0 saturated heterocycles. The fraction of sp³-hybridized carbons (Fsp3) is 0.375. The summed E-state index contributed by atoms with van der Waals surface area (Å²) in [6.07, 6.45) is 1.26. The molecule has 0 unspecified atom stereocenters. The molecule has 0 saturated carbocycles. The van der Waals surface area contributed by atoms with Crippen LogP contribution in [0.4, 0.5) is 11.4 Å². The Labute approximate surface area is 123 Å². The first kappa shape index (κ1) is 13.7. The highest BCUT2D eigenvalue weighted by Gasteiger charge is 2.23. The third kappa shape index (κ3) is 2.63. The Morgan fingerprint density at radius 3 is 2.95 bits per heavy atom. The molecule has 5 nitrogen and oxygen atoms in total. The van der Waals surface area contributed by atoms with Crippen LogP contribution in [0.15, 0.2) is 28.8 Å². The fourth-order valence-corrected chi connectivity index (χ4v) is 2.70. The van der Waals surface area contributed by atoms with Crippen LogP contribution >= 0.6 is 0 Å². The van der Waals surface area contributed by atoms with Crippen LogP contribution in [0.25, 0.3) is 0 Å². The van der Waals surface area contributed by atoms with Gasteiger partial charge in [0, 0.05) is 18.7 Å². The number of aryl methyl sites for hydroxylation is 2. The van der Waals surface area contributed by atoms with E-state index < -0.39 is 0 Å². The van der Waals surface area contributed by atoms with E-state index in [0.717, 1.165) is 47.9 Å². The van der Waals surface area contributed by atoms with E-state index >= 15 is 0 Å². The minimum absolute atomic E-state index is 0.0838. The number of benzene rings is 1. The Morgan fingerprint density at radius 1 is 1.38 bits per heavy atom. The molecular formula is C16H19N3O2. The molecule has 1 aromatic heterocycles. The summed E-state index contributed by atoms with van der Waals surface area (Å²) in [5.41, 5.74) is 3.66. The number of hydrogen-bond donors (Lipinski definition) is 1. The SMILES string of the molecule is Cc1noc(C)c1CC(=O)N1CCCNc2ccccc21. The van der Waals surface area contributed by atoms with Crippen LogP contribution < -0.4 is 10.2 Å². The molecule has 0 spiro atoms. The third-order valence-corrected chi connectivity index (χ3v) is 3.88. The van der Waals surface area contributed by atoms with E-state index in [2.05, 4.69) is 10.5 Å². The number of fused-ring (bicyclic) bond motifs is 1. The molecule has 110 valence electrons. The van der Waals surface area contributed by atoms with Crippen LogP contribution in [-0.4, -0.2) is 24.2 Å². The Balaban J connectivity index is 1.88. The summed E-state index contributed by atoms with van der Waals surface area (Å²) in [6, 6.07) is 7.94. The Morgan fingerprint density at radius 2 is 2.19 bits per heavy atom. The second kappa shape index (κ2) is 5.60. The highest BCUT2D eigenvalue weighted by atomic mass is 16.5. The van der Waals surface area contributed by atoms with E-state index in [1.165, 1.54) is 0 Å². The van der Waals surface area contributed by atoms with Gasteiger partial charge in [-0.05, 0) is 32.4 Å². The first-order chi connectivity index (χ1) is 10.2. The van der Waals surface area contributed by atoms with E-state index in [1.54, 1.807) is 0 Å². The molecule has 2 heterocycles. The van der Waals surface area contributed by atoms with Crippen molar-refractivity contribution in [3.63, 3.8) is 0 Å². The van der Waals surface area contributed by atoms with E-state index in [9.17, 15) is 4.79 Å². The molecular weight excluding hydrogens is 266 g/mol. The number of rotatable bonds is 2. The van der Waals surface area contributed by atoms with Gasteiger partial charge >= 0.3 is 0 Å². The molecule has 0 atom stereocenters. The van der Waals surface area contributed by atoms with Crippen molar-refractivity contribution >= 4 is 17.3 Å². The zero-order valence-electron chi connectivity index (χ0n) is 12.3. The zero-order chi connectivity index (χ0) is 14.8. The standard InChI is InChI=1S/C16H19N3O2/c1-11-13(12(2)21-18-11)10-16(20)19-9-5-8-17-14-6-3-4-7-15(14)19/h3-4,6-7,17H,5,8-10H2,1-2H3. The van der Waals surface area contributed by atoms with Crippen LogP contribution in [-0.2, 0) is 11.2 Å². The molecule has 5 heteroatoms. The summed E-state index contributed by atoms with van der Waals surface area (Å²) < 4.78 is 5.14. The molecule has 0 aliphatic carbocycles. The van der Waals surface area contributed by atoms with Gasteiger partial charge in [0.2, 0.25) is 5.91 Å². The maximum absolute atomic E-state index is 12.7. The van der Waals surface area contributed by atoms with Crippen LogP contribution in [0, 0.1) is 13.8 Å². The average molecular weight is 285 g/mol. The normalized spacial score (nSPS) is 14.3. The molecule has 1 aliphatic heterocycles. The van der Waals surface area contributed by atoms with Crippen molar-refractivity contribution in [2.24, 2.45) is 0 Å². The molecule has 0 fully saturated rings. The summed E-state index contributed by atoms with van der Waals surface area (Å²) in [6.45, 7) is 5.33. The number of carbonyl (C=O) groups is 1. The van der Waals surface area contributed by atoms with Gasteiger partial charge in [-0.3, -0.25) is 4.79 Å². The van der Waals surface area contributed by atoms with Gasteiger partial charge in [0.1, 0.15) is 5.76 Å². The van der Waals surface area contributed by atoms with Gasteiger partial charge in [-0.2, -0.15) is 0 Å². The Kier molecular flexibility index (Phi) is 3.64. The molecule has 1 N–H and O–H groups in total. The lowest BCUT2D eigenvalue weighted by atomic mass is 10.1. The van der Waals surface area contributed by atoms with Crippen molar-refractivity contribution in [3.05, 3.63) is 41.3 Å². The van der Waals surface area contributed by atoms with Gasteiger partial charge in [0.05, 0.1) is 23.5 Å². The van der Waals surface area contributed by atoms with Crippen molar-refractivity contribution in [1.29, 1.82) is 0 Å². The number of nitrogens with one attached hydrogen (secondary N) is 1. The number of aromatic nitrogens is 1. The minimum atomic E-state index is 0.0838. The maximum Gasteiger partial charge on any atom is 0.231 e. The lowest BCUT2D eigenvalue weighted by Gasteiger charge is -2.22. The van der Waals surface area contributed by atoms with Crippen LogP contribution in [0.5, 0.6) is 0 Å². The quantitative estimate of drug-likeness (QED) is 0.921. The number of hydrogen-bond acceptors (Lipinski definition) is 4. The van der Waals surface area contributed by atoms with Crippen molar-refractivity contribution < 1.29 is 9.32 Å². The van der Waals surface area contributed by atoms with Crippen LogP contribution in [0.2, 0.25) is 0 Å². The third-order valence-electron chi connectivity index (χ3n) is 3.88. The molecule has 1 aromatic carbocycles. The largest absolute Gasteiger partial charge is 0.383 e. The number of amides is 1. The van der Waals surface area contributed by atoms with E-state index in [1.807, 2.05) is 43.0 Å². The fourth-order valence-electron chi connectivity index (χ4n) is 2.70. The summed E-state index contributed by atoms with van der Waals surface area (Å²) in [7, 11) is 0. The molecule has 1 amide bonds. The van der Waals surface area contributed by atoms with Gasteiger partial charge in [-0.1, -0.05) is 17.3 Å². The number of anilines is 2. The summed E-state index contributed by atoms with van der Waals surface area (Å²) in [4.78, 5) is 14.6. The van der Waals surface area contributed by atoms with Gasteiger partial charge < -0.3 is 14.7 Å². The van der Waals surface area contributed by atoms with Gasteiger partial charge in [0.15, 0.2) is 0 Å². The second-order valence-corrected chi connectivity index (χ2v) is 5.32. The summed E-state index contributed by atoms with van der Waals surface area (Å²) >= 11 is 0. The van der Waals surface area contributed by atoms with Gasteiger partial charge in [0.25, 0.3) is 0 Å². The predicted molar refractivity (Wildman–Crippen MR) is 81.6 cm³/mol. The van der Waals surface area contributed by atoms with Crippen molar-refractivity contribution in [2.75, 3.05) is 23.3 Å². The molecule has 1 aliphatic rings. The monoisotopic (exact) mass is 285 g/mol. The van der Waals surface area contributed by atoms with Crippen molar-refractivity contribution in [2.45, 2.75) is 26.7 Å². The lowest BCUT2D eigenvalue weighted by Crippen LogP contribution is -2.33. The summed E-state index contributed by atoms with van der Waals surface area (Å²) in [5, 5.41) is 7.29. The average Bonchev–Trinajstić information content (AvgIpc) is 2.70. The first-order valence-corrected chi connectivity index (χ1v) is 7.22. The number of carbonyl (C=O) groups excluding carboxylic acids is 1. The molecule has 0 radical (unpaired) electrons. The zero-order valence-corrected chi connectivity index (χ0v) is 12.3. The molecule has 2 aromatic rings. The highest BCUT2D eigenvalue weighted by Crippen LogP contribution is 2.29. The second-order valence-electron chi connectivity index (χ2n) is 5.32. The van der Waals surface area contributed by atoms with E-state index in [0.29, 0.717) is 6.42 Å². The smallest absolute Gasteiger partial charge is 0.231 e. The van der Waals surface area contributed by atoms with E-state index in [-0.39, 0.29) is 5.91 Å². The lowest BCUT2D eigenvalue weighted by molar-refractivity contribution is -0.118. The van der Waals surface area contributed by atoms with Gasteiger partial charge in [-0.15, -0.1) is 0 Å². The van der Waals surface area contributed by atoms with Crippen LogP contribution in [0.1, 0.15) is 23.4 Å². The predicted octanol–water partition coefficient (Wildman–Crippen LogP) is 2.68. The van der Waals surface area contributed by atoms with Crippen molar-refractivity contribution in [3.8, 4) is 0 Å². The summed E-state index contributed by atoms with van der Waals surface area (Å²) in [5.74, 6) is 0.808. The molecule has 21 heavy (non-hydrogen) atoms. The van der Waals surface area contributed by atoms with Crippen LogP contribution in [0.3, 0.4) is 0 Å².